The molecule has 3 aromatic rings. The molecule has 11 heteroatoms. The Hall–Kier alpha value is -2.75. The van der Waals surface area contributed by atoms with Gasteiger partial charge in [0.2, 0.25) is 0 Å². The Morgan fingerprint density at radius 1 is 1.02 bits per heavy atom. The second kappa shape index (κ2) is 16.6. The van der Waals surface area contributed by atoms with E-state index >= 15 is 0 Å². The third kappa shape index (κ3) is 9.45. The van der Waals surface area contributed by atoms with Gasteiger partial charge in [0.05, 0.1) is 11.6 Å². The Kier molecular flexibility index (Phi) is 13.1. The molecule has 47 heavy (non-hydrogen) atoms. The van der Waals surface area contributed by atoms with E-state index in [4.69, 9.17) is 5.10 Å². The standard InChI is InChI=1S/C36H44F3N3O3.2ClH/c1-2-42-34(21-30(40-42)16-23-8-10-31(11-9-23)45-36(38)39)25-12-14-41(15-13-25)22-28-18-27(33(35(43)44)17-24-6-7-24)20-32(28)26-4-3-5-29(37)19-26;;/h3-5,8-11,19,21,24-25,27-28,32-33,36H,2,6-7,12-18,20,22H2,1H3,(H,43,44);2*1H/t27?,28?,32?,33-;;/m0../s1. The zero-order valence-corrected chi connectivity index (χ0v) is 28.4. The SMILES string of the molecule is CCn1nc(Cc2ccc(OC(F)F)cc2)cc1C1CCN(CC2CC([C@H](CC3CC3)C(=O)O)CC2c2cccc(F)c2)CC1.Cl.Cl. The Labute approximate surface area is 287 Å². The summed E-state index contributed by atoms with van der Waals surface area (Å²) in [6, 6.07) is 15.9. The maximum Gasteiger partial charge on any atom is 0.387 e. The highest BCUT2D eigenvalue weighted by atomic mass is 35.5. The van der Waals surface area contributed by atoms with Crippen LogP contribution in [0.1, 0.15) is 86.2 Å². The number of alkyl halides is 2. The molecule has 1 aliphatic heterocycles. The van der Waals surface area contributed by atoms with Crippen molar-refractivity contribution < 1.29 is 27.8 Å². The van der Waals surface area contributed by atoms with Gasteiger partial charge in [-0.05, 0) is 117 Å². The van der Waals surface area contributed by atoms with Crippen LogP contribution < -0.4 is 4.74 Å². The van der Waals surface area contributed by atoms with Crippen molar-refractivity contribution in [1.82, 2.24) is 14.7 Å². The van der Waals surface area contributed by atoms with Crippen molar-refractivity contribution in [2.45, 2.75) is 83.3 Å². The molecule has 0 amide bonds. The fourth-order valence-corrected chi connectivity index (χ4v) is 7.95. The first-order valence-corrected chi connectivity index (χ1v) is 16.6. The van der Waals surface area contributed by atoms with Gasteiger partial charge in [-0.15, -0.1) is 24.8 Å². The molecule has 258 valence electrons. The molecule has 2 aromatic carbocycles. The average Bonchev–Trinajstić information content (AvgIpc) is 3.61. The molecule has 1 N–H and O–H groups in total. The van der Waals surface area contributed by atoms with Gasteiger partial charge in [0.25, 0.3) is 0 Å². The molecule has 0 spiro atoms. The first-order chi connectivity index (χ1) is 21.7. The van der Waals surface area contributed by atoms with Crippen LogP contribution in [0.25, 0.3) is 0 Å². The Morgan fingerprint density at radius 3 is 2.36 bits per heavy atom. The zero-order chi connectivity index (χ0) is 31.5. The monoisotopic (exact) mass is 695 g/mol. The summed E-state index contributed by atoms with van der Waals surface area (Å²) in [4.78, 5) is 14.8. The second-order valence-electron chi connectivity index (χ2n) is 13.4. The van der Waals surface area contributed by atoms with E-state index in [0.29, 0.717) is 24.2 Å². The fourth-order valence-electron chi connectivity index (χ4n) is 7.95. The van der Waals surface area contributed by atoms with Gasteiger partial charge in [0, 0.05) is 31.1 Å². The molecule has 6 nitrogen and oxygen atoms in total. The largest absolute Gasteiger partial charge is 0.481 e. The van der Waals surface area contributed by atoms with Crippen molar-refractivity contribution in [3.63, 3.8) is 0 Å². The number of carboxylic acid groups (broad SMARTS) is 1. The smallest absolute Gasteiger partial charge is 0.387 e. The summed E-state index contributed by atoms with van der Waals surface area (Å²) in [5, 5.41) is 15.0. The summed E-state index contributed by atoms with van der Waals surface area (Å²) >= 11 is 0. The van der Waals surface area contributed by atoms with Gasteiger partial charge in [-0.25, -0.2) is 4.39 Å². The van der Waals surface area contributed by atoms with Crippen molar-refractivity contribution in [2.24, 2.45) is 23.7 Å². The molecule has 2 aliphatic carbocycles. The van der Waals surface area contributed by atoms with E-state index in [1.165, 1.54) is 11.8 Å². The van der Waals surface area contributed by atoms with Gasteiger partial charge < -0.3 is 14.7 Å². The minimum Gasteiger partial charge on any atom is -0.481 e. The topological polar surface area (TPSA) is 67.6 Å². The lowest BCUT2D eigenvalue weighted by molar-refractivity contribution is -0.144. The number of benzene rings is 2. The molecular formula is C36H46Cl2F3N3O3. The molecular weight excluding hydrogens is 650 g/mol. The fraction of sp³-hybridized carbons (Fsp3) is 0.556. The van der Waals surface area contributed by atoms with Crippen molar-refractivity contribution in [1.29, 1.82) is 0 Å². The van der Waals surface area contributed by atoms with Gasteiger partial charge in [0.1, 0.15) is 11.6 Å². The van der Waals surface area contributed by atoms with Crippen LogP contribution in [0.15, 0.2) is 54.6 Å². The van der Waals surface area contributed by atoms with Crippen LogP contribution in [0.3, 0.4) is 0 Å². The Morgan fingerprint density at radius 2 is 1.74 bits per heavy atom. The number of likely N-dealkylation sites (tertiary alicyclic amines) is 1. The number of halogens is 5. The minimum absolute atomic E-state index is 0. The van der Waals surface area contributed by atoms with Gasteiger partial charge in [-0.3, -0.25) is 9.48 Å². The average molecular weight is 697 g/mol. The molecule has 2 saturated carbocycles. The number of carbonyl (C=O) groups is 1. The number of aromatic nitrogens is 2. The summed E-state index contributed by atoms with van der Waals surface area (Å²) in [5.74, 6) is 0.501. The molecule has 3 fully saturated rings. The van der Waals surface area contributed by atoms with Gasteiger partial charge in [0.15, 0.2) is 0 Å². The number of nitrogens with zero attached hydrogens (tertiary/aromatic N) is 3. The lowest BCUT2D eigenvalue weighted by Crippen LogP contribution is -2.37. The summed E-state index contributed by atoms with van der Waals surface area (Å²) < 4.78 is 45.8. The third-order valence-corrected chi connectivity index (χ3v) is 10.4. The van der Waals surface area contributed by atoms with E-state index in [1.54, 1.807) is 36.4 Å². The minimum atomic E-state index is -2.84. The molecule has 0 radical (unpaired) electrons. The summed E-state index contributed by atoms with van der Waals surface area (Å²) in [5.41, 5.74) is 4.20. The number of carboxylic acids is 1. The number of hydrogen-bond donors (Lipinski definition) is 1. The highest BCUT2D eigenvalue weighted by Gasteiger charge is 2.43. The van der Waals surface area contributed by atoms with Gasteiger partial charge in [-0.1, -0.05) is 37.1 Å². The number of piperidine rings is 1. The summed E-state index contributed by atoms with van der Waals surface area (Å²) in [6.07, 6.45) is 7.42. The van der Waals surface area contributed by atoms with Crippen LogP contribution in [-0.4, -0.2) is 52.0 Å². The van der Waals surface area contributed by atoms with Crippen molar-refractivity contribution in [3.05, 3.63) is 82.9 Å². The lowest BCUT2D eigenvalue weighted by atomic mass is 9.85. The van der Waals surface area contributed by atoms with E-state index in [0.717, 1.165) is 87.9 Å². The number of aryl methyl sites for hydroxylation is 1. The first-order valence-electron chi connectivity index (χ1n) is 16.6. The van der Waals surface area contributed by atoms with Crippen LogP contribution in [-0.2, 0) is 17.8 Å². The number of ether oxygens (including phenoxy) is 1. The lowest BCUT2D eigenvalue weighted by Gasteiger charge is -2.35. The molecule has 1 aromatic heterocycles. The number of aliphatic carboxylic acids is 1. The van der Waals surface area contributed by atoms with E-state index in [9.17, 15) is 23.1 Å². The van der Waals surface area contributed by atoms with Crippen molar-refractivity contribution in [3.8, 4) is 5.75 Å². The molecule has 3 aliphatic rings. The highest BCUT2D eigenvalue weighted by molar-refractivity contribution is 5.85. The van der Waals surface area contributed by atoms with Crippen LogP contribution in [0.5, 0.6) is 5.75 Å². The zero-order valence-electron chi connectivity index (χ0n) is 26.8. The van der Waals surface area contributed by atoms with Crippen LogP contribution in [0, 0.1) is 29.5 Å². The van der Waals surface area contributed by atoms with E-state index in [1.807, 2.05) is 6.07 Å². The van der Waals surface area contributed by atoms with Gasteiger partial charge >= 0.3 is 12.6 Å². The van der Waals surface area contributed by atoms with E-state index in [2.05, 4.69) is 27.3 Å². The number of rotatable bonds is 13. The quantitative estimate of drug-likeness (QED) is 0.194. The maximum atomic E-state index is 14.3. The van der Waals surface area contributed by atoms with Crippen LogP contribution in [0.2, 0.25) is 0 Å². The summed E-state index contributed by atoms with van der Waals surface area (Å²) in [6.45, 7) is 2.87. The first kappa shape index (κ1) is 37.1. The highest BCUT2D eigenvalue weighted by Crippen LogP contribution is 2.49. The molecule has 6 rings (SSSR count). The molecule has 4 atom stereocenters. The Bertz CT molecular complexity index is 1440. The predicted octanol–water partition coefficient (Wildman–Crippen LogP) is 8.57. The maximum absolute atomic E-state index is 14.3. The Balaban J connectivity index is 0.00000250. The van der Waals surface area contributed by atoms with Crippen LogP contribution >= 0.6 is 24.8 Å². The van der Waals surface area contributed by atoms with Gasteiger partial charge in [-0.2, -0.15) is 13.9 Å². The van der Waals surface area contributed by atoms with Crippen molar-refractivity contribution >= 4 is 30.8 Å². The molecule has 3 unspecified atom stereocenters. The van der Waals surface area contributed by atoms with Crippen LogP contribution in [0.4, 0.5) is 13.2 Å². The predicted molar refractivity (Wildman–Crippen MR) is 181 cm³/mol. The number of hydrogen-bond acceptors (Lipinski definition) is 4. The second-order valence-corrected chi connectivity index (χ2v) is 13.4. The molecule has 0 bridgehead atoms. The van der Waals surface area contributed by atoms with E-state index in [-0.39, 0.29) is 54.1 Å². The van der Waals surface area contributed by atoms with Crippen molar-refractivity contribution in [2.75, 3.05) is 19.6 Å². The third-order valence-electron chi connectivity index (χ3n) is 10.4. The molecule has 1 saturated heterocycles. The van der Waals surface area contributed by atoms with E-state index < -0.39 is 12.6 Å². The normalized spacial score (nSPS) is 22.4. The summed E-state index contributed by atoms with van der Waals surface area (Å²) in [7, 11) is 0. The molecule has 2 heterocycles.